The van der Waals surface area contributed by atoms with Crippen LogP contribution in [-0.4, -0.2) is 47.8 Å². The van der Waals surface area contributed by atoms with Gasteiger partial charge < -0.3 is 9.88 Å². The van der Waals surface area contributed by atoms with E-state index in [0.29, 0.717) is 12.8 Å². The Morgan fingerprint density at radius 2 is 2.19 bits per heavy atom. The van der Waals surface area contributed by atoms with Crippen molar-refractivity contribution in [3.63, 3.8) is 0 Å². The SMILES string of the molecule is CC[C@@H](C[C@H](C)C#N)S(=O)(=O)N[C@H]1C[C@@H](N(C)c2ncnc3[nH]ccc23)C1. The molecule has 0 bridgehead atoms. The minimum atomic E-state index is -3.43. The highest BCUT2D eigenvalue weighted by molar-refractivity contribution is 7.90. The molecular formula is C18H26N6O2S. The van der Waals surface area contributed by atoms with Gasteiger partial charge in [0.25, 0.3) is 0 Å². The third kappa shape index (κ3) is 4.06. The van der Waals surface area contributed by atoms with Gasteiger partial charge in [0.2, 0.25) is 10.0 Å². The molecule has 1 aliphatic rings. The van der Waals surface area contributed by atoms with Crippen LogP contribution < -0.4 is 9.62 Å². The molecule has 27 heavy (non-hydrogen) atoms. The van der Waals surface area contributed by atoms with E-state index in [2.05, 4.69) is 30.6 Å². The monoisotopic (exact) mass is 390 g/mol. The molecule has 9 heteroatoms. The van der Waals surface area contributed by atoms with Gasteiger partial charge in [-0.25, -0.2) is 23.1 Å². The first kappa shape index (κ1) is 19.6. The number of aromatic amines is 1. The highest BCUT2D eigenvalue weighted by Gasteiger charge is 2.37. The van der Waals surface area contributed by atoms with Crippen molar-refractivity contribution < 1.29 is 8.42 Å². The van der Waals surface area contributed by atoms with E-state index in [9.17, 15) is 8.42 Å². The number of H-pyrrole nitrogens is 1. The highest BCUT2D eigenvalue weighted by Crippen LogP contribution is 2.32. The van der Waals surface area contributed by atoms with E-state index < -0.39 is 15.3 Å². The molecule has 8 nitrogen and oxygen atoms in total. The number of nitrogens with one attached hydrogen (secondary N) is 2. The molecule has 0 aromatic carbocycles. The zero-order valence-corrected chi connectivity index (χ0v) is 16.7. The molecule has 2 aromatic rings. The van der Waals surface area contributed by atoms with Gasteiger partial charge in [0.1, 0.15) is 17.8 Å². The van der Waals surface area contributed by atoms with Crippen molar-refractivity contribution >= 4 is 26.9 Å². The molecule has 0 unspecified atom stereocenters. The second-order valence-corrected chi connectivity index (χ2v) is 9.32. The highest BCUT2D eigenvalue weighted by atomic mass is 32.2. The number of aromatic nitrogens is 3. The number of rotatable bonds is 8. The zero-order valence-electron chi connectivity index (χ0n) is 15.9. The first-order valence-electron chi connectivity index (χ1n) is 9.27. The van der Waals surface area contributed by atoms with Crippen LogP contribution in [0.15, 0.2) is 18.6 Å². The molecule has 146 valence electrons. The fourth-order valence-corrected chi connectivity index (χ4v) is 5.43. The second kappa shape index (κ2) is 7.82. The number of hydrogen-bond acceptors (Lipinski definition) is 6. The maximum atomic E-state index is 12.6. The minimum absolute atomic E-state index is 0.0718. The van der Waals surface area contributed by atoms with Crippen molar-refractivity contribution in [2.45, 2.75) is 56.9 Å². The second-order valence-electron chi connectivity index (χ2n) is 7.33. The maximum absolute atomic E-state index is 12.6. The van der Waals surface area contributed by atoms with Gasteiger partial charge in [0.05, 0.1) is 16.7 Å². The molecule has 2 aromatic heterocycles. The van der Waals surface area contributed by atoms with E-state index in [0.717, 1.165) is 29.7 Å². The fourth-order valence-electron chi connectivity index (χ4n) is 3.60. The topological polar surface area (TPSA) is 115 Å². The summed E-state index contributed by atoms with van der Waals surface area (Å²) in [7, 11) is -1.45. The molecule has 3 rings (SSSR count). The Morgan fingerprint density at radius 3 is 2.85 bits per heavy atom. The van der Waals surface area contributed by atoms with Crippen molar-refractivity contribution in [2.24, 2.45) is 5.92 Å². The number of fused-ring (bicyclic) bond motifs is 1. The van der Waals surface area contributed by atoms with Crippen LogP contribution in [0.25, 0.3) is 11.0 Å². The summed E-state index contributed by atoms with van der Waals surface area (Å²) in [4.78, 5) is 13.8. The number of nitriles is 1. The third-order valence-corrected chi connectivity index (χ3v) is 7.46. The van der Waals surface area contributed by atoms with Gasteiger partial charge in [-0.05, 0) is 38.7 Å². The van der Waals surface area contributed by atoms with E-state index in [-0.39, 0.29) is 18.0 Å². The largest absolute Gasteiger partial charge is 0.356 e. The van der Waals surface area contributed by atoms with Crippen LogP contribution in [-0.2, 0) is 10.0 Å². The van der Waals surface area contributed by atoms with Crippen molar-refractivity contribution in [3.05, 3.63) is 18.6 Å². The molecule has 2 atom stereocenters. The summed E-state index contributed by atoms with van der Waals surface area (Å²) in [5.41, 5.74) is 0.792. The smallest absolute Gasteiger partial charge is 0.214 e. The van der Waals surface area contributed by atoms with Crippen molar-refractivity contribution in [2.75, 3.05) is 11.9 Å². The summed E-state index contributed by atoms with van der Waals surface area (Å²) < 4.78 is 28.1. The number of hydrogen-bond donors (Lipinski definition) is 2. The van der Waals surface area contributed by atoms with Gasteiger partial charge in [-0.1, -0.05) is 6.92 Å². The zero-order chi connectivity index (χ0) is 19.6. The Labute approximate surface area is 160 Å². The summed E-state index contributed by atoms with van der Waals surface area (Å²) >= 11 is 0. The van der Waals surface area contributed by atoms with Crippen LogP contribution in [0.4, 0.5) is 5.82 Å². The lowest BCUT2D eigenvalue weighted by atomic mass is 9.86. The lowest BCUT2D eigenvalue weighted by molar-refractivity contribution is 0.314. The van der Waals surface area contributed by atoms with Gasteiger partial charge in [0.15, 0.2) is 0 Å². The molecule has 0 radical (unpaired) electrons. The Morgan fingerprint density at radius 1 is 1.44 bits per heavy atom. The summed E-state index contributed by atoms with van der Waals surface area (Å²) in [5, 5.41) is 9.40. The summed E-state index contributed by atoms with van der Waals surface area (Å²) in [6.07, 6.45) is 5.70. The third-order valence-electron chi connectivity index (χ3n) is 5.39. The minimum Gasteiger partial charge on any atom is -0.356 e. The van der Waals surface area contributed by atoms with Crippen LogP contribution in [0.3, 0.4) is 0 Å². The van der Waals surface area contributed by atoms with Crippen LogP contribution in [0.1, 0.15) is 39.5 Å². The fraction of sp³-hybridized carbons (Fsp3) is 0.611. The van der Waals surface area contributed by atoms with Gasteiger partial charge in [-0.15, -0.1) is 0 Å². The van der Waals surface area contributed by atoms with Gasteiger partial charge in [0, 0.05) is 31.2 Å². The Balaban J connectivity index is 1.60. The molecule has 0 amide bonds. The average Bonchev–Trinajstić information content (AvgIpc) is 3.10. The van der Waals surface area contributed by atoms with Gasteiger partial charge in [-0.3, -0.25) is 0 Å². The molecule has 1 saturated carbocycles. The summed E-state index contributed by atoms with van der Waals surface area (Å²) in [5.74, 6) is 0.579. The summed E-state index contributed by atoms with van der Waals surface area (Å²) in [6, 6.07) is 4.22. The molecular weight excluding hydrogens is 364 g/mol. The predicted molar refractivity (Wildman–Crippen MR) is 105 cm³/mol. The molecule has 0 spiro atoms. The Hall–Kier alpha value is -2.18. The normalized spacial score (nSPS) is 22.0. The Kier molecular flexibility index (Phi) is 5.67. The number of nitrogens with zero attached hydrogens (tertiary/aromatic N) is 4. The van der Waals surface area contributed by atoms with Crippen molar-refractivity contribution in [3.8, 4) is 6.07 Å². The maximum Gasteiger partial charge on any atom is 0.214 e. The van der Waals surface area contributed by atoms with Gasteiger partial charge in [-0.2, -0.15) is 5.26 Å². The quantitative estimate of drug-likeness (QED) is 0.714. The van der Waals surface area contributed by atoms with Crippen molar-refractivity contribution in [1.29, 1.82) is 5.26 Å². The molecule has 0 saturated heterocycles. The van der Waals surface area contributed by atoms with E-state index in [4.69, 9.17) is 5.26 Å². The first-order valence-corrected chi connectivity index (χ1v) is 10.8. The number of sulfonamides is 1. The van der Waals surface area contributed by atoms with E-state index in [1.165, 1.54) is 6.33 Å². The molecule has 1 fully saturated rings. The van der Waals surface area contributed by atoms with Crippen LogP contribution >= 0.6 is 0 Å². The predicted octanol–water partition coefficient (Wildman–Crippen LogP) is 2.17. The Bertz CT molecular complexity index is 929. The number of anilines is 1. The lowest BCUT2D eigenvalue weighted by Crippen LogP contribution is -2.54. The van der Waals surface area contributed by atoms with E-state index in [1.54, 1.807) is 6.92 Å². The van der Waals surface area contributed by atoms with Crippen LogP contribution in [0, 0.1) is 17.2 Å². The standard InChI is InChI=1S/C18H26N6O2S/c1-4-15(7-12(2)10-19)27(25,26)23-13-8-14(9-13)24(3)18-16-5-6-20-17(16)21-11-22-18/h5-6,11-15,23H,4,7-9H2,1-3H3,(H,20,21,22)/t12-,13-,14+,15-/m0/s1. The average molecular weight is 391 g/mol. The lowest BCUT2D eigenvalue weighted by Gasteiger charge is -2.42. The molecule has 0 aliphatic heterocycles. The van der Waals surface area contributed by atoms with Crippen LogP contribution in [0.2, 0.25) is 0 Å². The molecule has 2 heterocycles. The van der Waals surface area contributed by atoms with E-state index >= 15 is 0 Å². The van der Waals surface area contributed by atoms with Crippen molar-refractivity contribution in [1.82, 2.24) is 19.7 Å². The molecule has 1 aliphatic carbocycles. The van der Waals surface area contributed by atoms with Gasteiger partial charge >= 0.3 is 0 Å². The summed E-state index contributed by atoms with van der Waals surface area (Å²) in [6.45, 7) is 3.61. The van der Waals surface area contributed by atoms with Crippen LogP contribution in [0.5, 0.6) is 0 Å². The van der Waals surface area contributed by atoms with E-state index in [1.807, 2.05) is 26.2 Å². The first-order chi connectivity index (χ1) is 12.9. The molecule has 2 N–H and O–H groups in total.